The second kappa shape index (κ2) is 6.67. The van der Waals surface area contributed by atoms with E-state index in [0.717, 1.165) is 44.0 Å². The molecule has 0 saturated carbocycles. The Hall–Kier alpha value is -1.94. The van der Waals surface area contributed by atoms with Crippen molar-refractivity contribution in [1.29, 1.82) is 0 Å². The van der Waals surface area contributed by atoms with Gasteiger partial charge in [0.1, 0.15) is 5.82 Å². The molecule has 23 heavy (non-hydrogen) atoms. The minimum atomic E-state index is 0.880. The highest BCUT2D eigenvalue weighted by molar-refractivity contribution is 5.61. The smallest absolute Gasteiger partial charge is 0.161 e. The summed E-state index contributed by atoms with van der Waals surface area (Å²) >= 11 is 0. The molecule has 1 saturated heterocycles. The molecule has 2 aliphatic rings. The lowest BCUT2D eigenvalue weighted by Gasteiger charge is -2.28. The van der Waals surface area contributed by atoms with E-state index in [1.807, 2.05) is 6.07 Å². The molecule has 0 bridgehead atoms. The molecule has 1 N–H and O–H groups in total. The van der Waals surface area contributed by atoms with Gasteiger partial charge in [-0.2, -0.15) is 0 Å². The SMILES string of the molecule is c1ccc(-c2nc3c(c(N4CCCCCC4)n2)CNCC3)cc1. The van der Waals surface area contributed by atoms with Crippen LogP contribution in [0.15, 0.2) is 30.3 Å². The molecule has 4 heteroatoms. The topological polar surface area (TPSA) is 41.1 Å². The Morgan fingerprint density at radius 1 is 0.913 bits per heavy atom. The normalized spacial score (nSPS) is 18.3. The van der Waals surface area contributed by atoms with Crippen LogP contribution in [0.3, 0.4) is 0 Å². The Labute approximate surface area is 138 Å². The number of anilines is 1. The molecule has 4 nitrogen and oxygen atoms in total. The Bertz CT molecular complexity index is 661. The maximum absolute atomic E-state index is 5.00. The number of fused-ring (bicyclic) bond motifs is 1. The van der Waals surface area contributed by atoms with Gasteiger partial charge in [0.05, 0.1) is 5.69 Å². The summed E-state index contributed by atoms with van der Waals surface area (Å²) in [5.74, 6) is 2.05. The van der Waals surface area contributed by atoms with Gasteiger partial charge in [-0.15, -0.1) is 0 Å². The van der Waals surface area contributed by atoms with Crippen LogP contribution in [0.5, 0.6) is 0 Å². The number of hydrogen-bond donors (Lipinski definition) is 1. The molecule has 120 valence electrons. The van der Waals surface area contributed by atoms with Gasteiger partial charge in [-0.3, -0.25) is 0 Å². The van der Waals surface area contributed by atoms with E-state index in [1.54, 1.807) is 0 Å². The standard InChI is InChI=1S/C19H24N4/c1-2-7-13-23(12-6-1)19-16-14-20-11-10-17(16)21-18(22-19)15-8-4-3-5-9-15/h3-5,8-9,20H,1-2,6-7,10-14H2. The number of rotatable bonds is 2. The molecule has 0 radical (unpaired) electrons. The fourth-order valence-electron chi connectivity index (χ4n) is 3.59. The molecular weight excluding hydrogens is 284 g/mol. The third-order valence-corrected chi connectivity index (χ3v) is 4.85. The molecule has 0 spiro atoms. The number of benzene rings is 1. The van der Waals surface area contributed by atoms with Gasteiger partial charge in [-0.05, 0) is 12.8 Å². The molecule has 1 fully saturated rings. The van der Waals surface area contributed by atoms with Gasteiger partial charge in [-0.1, -0.05) is 43.2 Å². The van der Waals surface area contributed by atoms with Crippen LogP contribution in [-0.4, -0.2) is 29.6 Å². The van der Waals surface area contributed by atoms with Crippen LogP contribution in [-0.2, 0) is 13.0 Å². The zero-order valence-corrected chi connectivity index (χ0v) is 13.6. The van der Waals surface area contributed by atoms with Crippen molar-refractivity contribution in [1.82, 2.24) is 15.3 Å². The van der Waals surface area contributed by atoms with Crippen molar-refractivity contribution < 1.29 is 0 Å². The van der Waals surface area contributed by atoms with Gasteiger partial charge in [-0.25, -0.2) is 9.97 Å². The van der Waals surface area contributed by atoms with Crippen molar-refractivity contribution in [2.75, 3.05) is 24.5 Å². The predicted octanol–water partition coefficient (Wildman–Crippen LogP) is 3.17. The lowest BCUT2D eigenvalue weighted by molar-refractivity contribution is 0.620. The Morgan fingerprint density at radius 2 is 1.70 bits per heavy atom. The number of nitrogens with one attached hydrogen (secondary N) is 1. The highest BCUT2D eigenvalue weighted by Gasteiger charge is 2.22. The van der Waals surface area contributed by atoms with E-state index in [0.29, 0.717) is 0 Å². The molecule has 3 heterocycles. The van der Waals surface area contributed by atoms with Gasteiger partial charge in [0.25, 0.3) is 0 Å². The second-order valence-electron chi connectivity index (χ2n) is 6.49. The first-order valence-corrected chi connectivity index (χ1v) is 8.83. The van der Waals surface area contributed by atoms with Crippen molar-refractivity contribution in [3.63, 3.8) is 0 Å². The Morgan fingerprint density at radius 3 is 2.48 bits per heavy atom. The van der Waals surface area contributed by atoms with Crippen molar-refractivity contribution in [3.05, 3.63) is 41.6 Å². The van der Waals surface area contributed by atoms with Gasteiger partial charge in [0.2, 0.25) is 0 Å². The first-order chi connectivity index (χ1) is 11.4. The fourth-order valence-corrected chi connectivity index (χ4v) is 3.59. The fraction of sp³-hybridized carbons (Fsp3) is 0.474. The van der Waals surface area contributed by atoms with E-state index in [9.17, 15) is 0 Å². The molecule has 2 aromatic rings. The van der Waals surface area contributed by atoms with E-state index >= 15 is 0 Å². The molecule has 0 unspecified atom stereocenters. The highest BCUT2D eigenvalue weighted by Crippen LogP contribution is 2.28. The second-order valence-corrected chi connectivity index (χ2v) is 6.49. The van der Waals surface area contributed by atoms with Crippen LogP contribution in [0, 0.1) is 0 Å². The van der Waals surface area contributed by atoms with E-state index in [-0.39, 0.29) is 0 Å². The molecule has 0 atom stereocenters. The third kappa shape index (κ3) is 3.08. The first kappa shape index (κ1) is 14.6. The minimum Gasteiger partial charge on any atom is -0.356 e. The molecular formula is C19H24N4. The van der Waals surface area contributed by atoms with Crippen LogP contribution >= 0.6 is 0 Å². The molecule has 2 aliphatic heterocycles. The van der Waals surface area contributed by atoms with Gasteiger partial charge in [0, 0.05) is 43.7 Å². The van der Waals surface area contributed by atoms with Crippen LogP contribution in [0.25, 0.3) is 11.4 Å². The van der Waals surface area contributed by atoms with Crippen LogP contribution in [0.2, 0.25) is 0 Å². The van der Waals surface area contributed by atoms with Crippen molar-refractivity contribution in [3.8, 4) is 11.4 Å². The van der Waals surface area contributed by atoms with E-state index in [1.165, 1.54) is 42.8 Å². The summed E-state index contributed by atoms with van der Waals surface area (Å²) in [7, 11) is 0. The molecule has 0 aliphatic carbocycles. The summed E-state index contributed by atoms with van der Waals surface area (Å²) in [5.41, 5.74) is 3.67. The predicted molar refractivity (Wildman–Crippen MR) is 93.6 cm³/mol. The molecule has 4 rings (SSSR count). The molecule has 0 amide bonds. The monoisotopic (exact) mass is 308 g/mol. The van der Waals surface area contributed by atoms with Gasteiger partial charge < -0.3 is 10.2 Å². The highest BCUT2D eigenvalue weighted by atomic mass is 15.2. The quantitative estimate of drug-likeness (QED) is 0.925. The largest absolute Gasteiger partial charge is 0.356 e. The lowest BCUT2D eigenvalue weighted by Crippen LogP contribution is -2.32. The average Bonchev–Trinajstić information content (AvgIpc) is 2.91. The molecule has 1 aromatic heterocycles. The summed E-state index contributed by atoms with van der Waals surface area (Å²) in [5, 5.41) is 3.49. The zero-order valence-electron chi connectivity index (χ0n) is 13.6. The maximum Gasteiger partial charge on any atom is 0.161 e. The summed E-state index contributed by atoms with van der Waals surface area (Å²) < 4.78 is 0. The first-order valence-electron chi connectivity index (χ1n) is 8.83. The van der Waals surface area contributed by atoms with Crippen molar-refractivity contribution >= 4 is 5.82 Å². The molecule has 1 aromatic carbocycles. The van der Waals surface area contributed by atoms with Crippen LogP contribution in [0.4, 0.5) is 5.82 Å². The van der Waals surface area contributed by atoms with Crippen LogP contribution < -0.4 is 10.2 Å². The van der Waals surface area contributed by atoms with E-state index < -0.39 is 0 Å². The minimum absolute atomic E-state index is 0.880. The number of hydrogen-bond acceptors (Lipinski definition) is 4. The summed E-state index contributed by atoms with van der Waals surface area (Å²) in [6, 6.07) is 10.4. The Balaban J connectivity index is 1.79. The van der Waals surface area contributed by atoms with E-state index in [4.69, 9.17) is 9.97 Å². The summed E-state index contributed by atoms with van der Waals surface area (Å²) in [6.07, 6.45) is 6.22. The van der Waals surface area contributed by atoms with Crippen LogP contribution in [0.1, 0.15) is 36.9 Å². The van der Waals surface area contributed by atoms with Crippen molar-refractivity contribution in [2.45, 2.75) is 38.6 Å². The van der Waals surface area contributed by atoms with Crippen molar-refractivity contribution in [2.24, 2.45) is 0 Å². The number of aromatic nitrogens is 2. The zero-order chi connectivity index (χ0) is 15.5. The van der Waals surface area contributed by atoms with E-state index in [2.05, 4.69) is 34.5 Å². The summed E-state index contributed by atoms with van der Waals surface area (Å²) in [4.78, 5) is 12.4. The van der Waals surface area contributed by atoms with Gasteiger partial charge in [0.15, 0.2) is 5.82 Å². The Kier molecular flexibility index (Phi) is 4.24. The van der Waals surface area contributed by atoms with Gasteiger partial charge >= 0.3 is 0 Å². The third-order valence-electron chi connectivity index (χ3n) is 4.85. The average molecular weight is 308 g/mol. The number of nitrogens with zero attached hydrogens (tertiary/aromatic N) is 3. The summed E-state index contributed by atoms with van der Waals surface area (Å²) in [6.45, 7) is 4.16. The lowest BCUT2D eigenvalue weighted by atomic mass is 10.1. The maximum atomic E-state index is 5.00.